The van der Waals surface area contributed by atoms with Gasteiger partial charge in [0.15, 0.2) is 0 Å². The van der Waals surface area contributed by atoms with E-state index in [0.29, 0.717) is 24.1 Å². The lowest BCUT2D eigenvalue weighted by Gasteiger charge is -2.21. The van der Waals surface area contributed by atoms with Crippen LogP contribution in [0.15, 0.2) is 18.2 Å². The molecule has 2 heterocycles. The first-order chi connectivity index (χ1) is 8.15. The van der Waals surface area contributed by atoms with Crippen molar-refractivity contribution in [3.63, 3.8) is 0 Å². The highest BCUT2D eigenvalue weighted by atomic mass is 19.1. The van der Waals surface area contributed by atoms with Gasteiger partial charge in [-0.3, -0.25) is 9.59 Å². The number of benzene rings is 1. The van der Waals surface area contributed by atoms with Crippen molar-refractivity contribution in [2.24, 2.45) is 0 Å². The molecule has 88 valence electrons. The highest BCUT2D eigenvalue weighted by Crippen LogP contribution is 2.38. The molecule has 3 rings (SSSR count). The Balaban J connectivity index is 2.13. The van der Waals surface area contributed by atoms with E-state index in [2.05, 4.69) is 5.32 Å². The molecule has 2 amide bonds. The average Bonchev–Trinajstić information content (AvgIpc) is 2.56. The molecule has 1 atom stereocenters. The van der Waals surface area contributed by atoms with Crippen molar-refractivity contribution >= 4 is 17.5 Å². The zero-order valence-corrected chi connectivity index (χ0v) is 9.07. The summed E-state index contributed by atoms with van der Waals surface area (Å²) in [5, 5.41) is 2.70. The van der Waals surface area contributed by atoms with Crippen molar-refractivity contribution < 1.29 is 14.0 Å². The van der Waals surface area contributed by atoms with Crippen LogP contribution >= 0.6 is 0 Å². The topological polar surface area (TPSA) is 49.4 Å². The molecular formula is C12H11FN2O2. The van der Waals surface area contributed by atoms with Crippen LogP contribution in [-0.2, 0) is 9.59 Å². The van der Waals surface area contributed by atoms with Crippen molar-refractivity contribution in [1.82, 2.24) is 4.90 Å². The summed E-state index contributed by atoms with van der Waals surface area (Å²) < 4.78 is 13.3. The van der Waals surface area contributed by atoms with Gasteiger partial charge >= 0.3 is 0 Å². The first-order valence-electron chi connectivity index (χ1n) is 5.54. The third-order valence-corrected chi connectivity index (χ3v) is 3.29. The summed E-state index contributed by atoms with van der Waals surface area (Å²) in [5.74, 6) is -0.614. The Morgan fingerprint density at radius 2 is 2.18 bits per heavy atom. The number of hydrogen-bond acceptors (Lipinski definition) is 2. The molecule has 2 aliphatic heterocycles. The van der Waals surface area contributed by atoms with E-state index in [4.69, 9.17) is 0 Å². The number of amides is 2. The maximum absolute atomic E-state index is 13.3. The molecule has 1 fully saturated rings. The summed E-state index contributed by atoms with van der Waals surface area (Å²) in [4.78, 5) is 24.8. The third-order valence-electron chi connectivity index (χ3n) is 3.29. The van der Waals surface area contributed by atoms with Crippen LogP contribution in [0.5, 0.6) is 0 Å². The Morgan fingerprint density at radius 3 is 3.00 bits per heavy atom. The van der Waals surface area contributed by atoms with Gasteiger partial charge in [0.05, 0.1) is 6.04 Å². The Kier molecular flexibility index (Phi) is 2.14. The molecule has 1 unspecified atom stereocenters. The third kappa shape index (κ3) is 1.58. The number of nitrogens with one attached hydrogen (secondary N) is 1. The number of nitrogens with zero attached hydrogens (tertiary/aromatic N) is 1. The maximum atomic E-state index is 13.3. The largest absolute Gasteiger partial charge is 0.326 e. The van der Waals surface area contributed by atoms with Gasteiger partial charge in [-0.05, 0) is 24.6 Å². The summed E-state index contributed by atoms with van der Waals surface area (Å²) in [6, 6.07) is 4.09. The molecule has 5 heteroatoms. The zero-order valence-electron chi connectivity index (χ0n) is 9.07. The van der Waals surface area contributed by atoms with Crippen molar-refractivity contribution in [3.8, 4) is 0 Å². The highest BCUT2D eigenvalue weighted by Gasteiger charge is 2.37. The number of carbonyl (C=O) groups excluding carboxylic acids is 2. The predicted octanol–water partition coefficient (Wildman–Crippen LogP) is 1.44. The smallest absolute Gasteiger partial charge is 0.244 e. The molecule has 0 radical (unpaired) electrons. The van der Waals surface area contributed by atoms with E-state index in [9.17, 15) is 14.0 Å². The van der Waals surface area contributed by atoms with Crippen molar-refractivity contribution in [2.75, 3.05) is 11.9 Å². The van der Waals surface area contributed by atoms with Gasteiger partial charge in [-0.25, -0.2) is 4.39 Å². The van der Waals surface area contributed by atoms with Gasteiger partial charge in [0, 0.05) is 17.7 Å². The Labute approximate surface area is 97.4 Å². The number of halogens is 1. The number of hydrogen-bond donors (Lipinski definition) is 1. The van der Waals surface area contributed by atoms with E-state index in [1.807, 2.05) is 0 Å². The zero-order chi connectivity index (χ0) is 12.0. The molecule has 0 spiro atoms. The van der Waals surface area contributed by atoms with Gasteiger partial charge in [-0.2, -0.15) is 0 Å². The number of fused-ring (bicyclic) bond motifs is 3. The summed E-state index contributed by atoms with van der Waals surface area (Å²) in [5.41, 5.74) is 1.31. The molecule has 0 saturated carbocycles. The molecule has 2 aliphatic rings. The SMILES string of the molecule is O=C1CN2C(=O)CCC2c2cc(F)ccc2N1. The van der Waals surface area contributed by atoms with Crippen molar-refractivity contribution in [1.29, 1.82) is 0 Å². The van der Waals surface area contributed by atoms with Gasteiger partial charge in [0.25, 0.3) is 0 Å². The van der Waals surface area contributed by atoms with Crippen LogP contribution in [0.3, 0.4) is 0 Å². The molecule has 0 aliphatic carbocycles. The van der Waals surface area contributed by atoms with E-state index in [0.717, 1.165) is 0 Å². The molecule has 0 aromatic heterocycles. The van der Waals surface area contributed by atoms with Gasteiger partial charge in [0.2, 0.25) is 11.8 Å². The normalized spacial score (nSPS) is 22.9. The molecule has 17 heavy (non-hydrogen) atoms. The molecule has 1 N–H and O–H groups in total. The van der Waals surface area contributed by atoms with E-state index in [1.54, 1.807) is 6.07 Å². The molecule has 0 bridgehead atoms. The fourth-order valence-electron chi connectivity index (χ4n) is 2.52. The minimum atomic E-state index is -0.348. The van der Waals surface area contributed by atoms with Crippen LogP contribution in [0.1, 0.15) is 24.4 Å². The van der Waals surface area contributed by atoms with E-state index in [-0.39, 0.29) is 30.2 Å². The summed E-state index contributed by atoms with van der Waals surface area (Å²) in [6.07, 6.45) is 1.07. The van der Waals surface area contributed by atoms with Crippen LogP contribution in [0, 0.1) is 5.82 Å². The summed E-state index contributed by atoms with van der Waals surface area (Å²) in [7, 11) is 0. The van der Waals surface area contributed by atoms with E-state index < -0.39 is 0 Å². The second-order valence-corrected chi connectivity index (χ2v) is 4.36. The predicted molar refractivity (Wildman–Crippen MR) is 58.7 cm³/mol. The van der Waals surface area contributed by atoms with Gasteiger partial charge in [-0.15, -0.1) is 0 Å². The van der Waals surface area contributed by atoms with Crippen LogP contribution in [0.2, 0.25) is 0 Å². The van der Waals surface area contributed by atoms with Crippen LogP contribution in [0.4, 0.5) is 10.1 Å². The first-order valence-corrected chi connectivity index (χ1v) is 5.54. The van der Waals surface area contributed by atoms with Crippen LogP contribution < -0.4 is 5.32 Å². The quantitative estimate of drug-likeness (QED) is 0.738. The van der Waals surface area contributed by atoms with Gasteiger partial charge < -0.3 is 10.2 Å². The second-order valence-electron chi connectivity index (χ2n) is 4.36. The lowest BCUT2D eigenvalue weighted by atomic mass is 10.0. The van der Waals surface area contributed by atoms with Gasteiger partial charge in [-0.1, -0.05) is 0 Å². The van der Waals surface area contributed by atoms with E-state index in [1.165, 1.54) is 17.0 Å². The van der Waals surface area contributed by atoms with Crippen LogP contribution in [0.25, 0.3) is 0 Å². The fraction of sp³-hybridized carbons (Fsp3) is 0.333. The number of rotatable bonds is 0. The minimum absolute atomic E-state index is 0.0396. The first kappa shape index (κ1) is 10.3. The molecule has 1 aromatic rings. The number of anilines is 1. The Morgan fingerprint density at radius 1 is 1.35 bits per heavy atom. The Hall–Kier alpha value is -1.91. The lowest BCUT2D eigenvalue weighted by Crippen LogP contribution is -2.32. The monoisotopic (exact) mass is 234 g/mol. The molecule has 4 nitrogen and oxygen atoms in total. The minimum Gasteiger partial charge on any atom is -0.326 e. The van der Waals surface area contributed by atoms with Crippen LogP contribution in [-0.4, -0.2) is 23.3 Å². The number of carbonyl (C=O) groups is 2. The summed E-state index contributed by atoms with van der Waals surface area (Å²) >= 11 is 0. The van der Waals surface area contributed by atoms with Crippen molar-refractivity contribution in [2.45, 2.75) is 18.9 Å². The molecule has 1 aromatic carbocycles. The van der Waals surface area contributed by atoms with Gasteiger partial charge in [0.1, 0.15) is 12.4 Å². The highest BCUT2D eigenvalue weighted by molar-refractivity contribution is 5.97. The van der Waals surface area contributed by atoms with Crippen molar-refractivity contribution in [3.05, 3.63) is 29.6 Å². The molecular weight excluding hydrogens is 223 g/mol. The average molecular weight is 234 g/mol. The Bertz CT molecular complexity index is 515. The molecule has 1 saturated heterocycles. The summed E-state index contributed by atoms with van der Waals surface area (Å²) in [6.45, 7) is 0.0554. The maximum Gasteiger partial charge on any atom is 0.244 e. The standard InChI is InChI=1S/C12H11FN2O2/c13-7-1-2-9-8(5-7)10-3-4-12(17)15(10)6-11(16)14-9/h1-2,5,10H,3-4,6H2,(H,14,16). The van der Waals surface area contributed by atoms with E-state index >= 15 is 0 Å². The second kappa shape index (κ2) is 3.55. The fourth-order valence-corrected chi connectivity index (χ4v) is 2.52. The lowest BCUT2D eigenvalue weighted by molar-refractivity contribution is -0.132.